The van der Waals surface area contributed by atoms with E-state index in [-0.39, 0.29) is 6.61 Å². The van der Waals surface area contributed by atoms with E-state index in [0.717, 1.165) is 36.7 Å². The van der Waals surface area contributed by atoms with E-state index in [9.17, 15) is 9.59 Å². The van der Waals surface area contributed by atoms with E-state index in [1.165, 1.54) is 0 Å². The maximum Gasteiger partial charge on any atom is 0.313 e. The van der Waals surface area contributed by atoms with Crippen molar-refractivity contribution in [3.05, 3.63) is 68.2 Å². The Hall–Kier alpha value is -2.49. The summed E-state index contributed by atoms with van der Waals surface area (Å²) in [6.07, 6.45) is 0.621. The molecule has 7 nitrogen and oxygen atoms in total. The van der Waals surface area contributed by atoms with Gasteiger partial charge in [-0.1, -0.05) is 18.2 Å². The van der Waals surface area contributed by atoms with Crippen LogP contribution < -0.4 is 10.2 Å². The van der Waals surface area contributed by atoms with Gasteiger partial charge < -0.3 is 9.47 Å². The minimum atomic E-state index is -0.989. The number of rotatable bonds is 8. The van der Waals surface area contributed by atoms with E-state index in [0.29, 0.717) is 25.2 Å². The molecule has 0 saturated heterocycles. The molecule has 0 radical (unpaired) electrons. The van der Waals surface area contributed by atoms with Crippen molar-refractivity contribution < 1.29 is 24.3 Å². The van der Waals surface area contributed by atoms with Crippen LogP contribution >= 0.6 is 31.9 Å². The smallest absolute Gasteiger partial charge is 0.313 e. The first-order valence-corrected chi connectivity index (χ1v) is 12.4. The molecule has 2 N–H and O–H groups in total. The SMILES string of the molecule is CCOC(=O)C1(Cc2cc(Br)c(OCc3cc(C)nc4ccccc34)c(Br)c2)CC1C(=O)NO. The van der Waals surface area contributed by atoms with Crippen molar-refractivity contribution in [2.24, 2.45) is 11.3 Å². The molecule has 2 unspecified atom stereocenters. The Labute approximate surface area is 214 Å². The Balaban J connectivity index is 1.56. The third-order valence-electron chi connectivity index (χ3n) is 6.06. The number of nitrogens with one attached hydrogen (secondary N) is 1. The first kappa shape index (κ1) is 24.6. The second-order valence-electron chi connectivity index (χ2n) is 8.40. The number of aromatic nitrogens is 1. The van der Waals surface area contributed by atoms with Gasteiger partial charge in [-0.2, -0.15) is 0 Å². The van der Waals surface area contributed by atoms with Gasteiger partial charge in [0, 0.05) is 16.6 Å². The van der Waals surface area contributed by atoms with Crippen molar-refractivity contribution in [1.82, 2.24) is 10.5 Å². The van der Waals surface area contributed by atoms with Gasteiger partial charge in [-0.3, -0.25) is 19.8 Å². The van der Waals surface area contributed by atoms with Crippen LogP contribution in [0.25, 0.3) is 10.9 Å². The Bertz CT molecular complexity index is 1240. The Morgan fingerprint density at radius 2 is 1.91 bits per heavy atom. The molecule has 1 fully saturated rings. The molecule has 34 heavy (non-hydrogen) atoms. The standard InChI is InChI=1S/C25H24Br2N2O5/c1-3-33-24(31)25(12-18(25)23(30)29-32)11-15-9-19(26)22(20(27)10-15)34-13-16-8-14(2)28-21-7-5-4-6-17(16)21/h4-10,18,32H,3,11-13H2,1-2H3,(H,29,30). The Morgan fingerprint density at radius 1 is 1.21 bits per heavy atom. The molecule has 2 atom stereocenters. The third kappa shape index (κ3) is 4.82. The van der Waals surface area contributed by atoms with Crippen molar-refractivity contribution in [3.8, 4) is 5.75 Å². The van der Waals surface area contributed by atoms with E-state index in [2.05, 4.69) is 36.8 Å². The second-order valence-corrected chi connectivity index (χ2v) is 10.1. The fourth-order valence-corrected chi connectivity index (χ4v) is 5.89. The maximum absolute atomic E-state index is 12.7. The lowest BCUT2D eigenvalue weighted by molar-refractivity contribution is -0.152. The topological polar surface area (TPSA) is 97.8 Å². The van der Waals surface area contributed by atoms with Crippen molar-refractivity contribution in [2.45, 2.75) is 33.3 Å². The Kier molecular flexibility index (Phi) is 7.25. The molecule has 1 saturated carbocycles. The lowest BCUT2D eigenvalue weighted by Gasteiger charge is -2.18. The summed E-state index contributed by atoms with van der Waals surface area (Å²) in [5.74, 6) is -1.01. The predicted molar refractivity (Wildman–Crippen MR) is 133 cm³/mol. The number of halogens is 2. The van der Waals surface area contributed by atoms with Gasteiger partial charge in [0.05, 0.1) is 32.4 Å². The highest BCUT2D eigenvalue weighted by Crippen LogP contribution is 2.56. The molecule has 1 aliphatic carbocycles. The van der Waals surface area contributed by atoms with Gasteiger partial charge >= 0.3 is 5.97 Å². The quantitative estimate of drug-likeness (QED) is 0.211. The molecule has 0 aliphatic heterocycles. The highest BCUT2D eigenvalue weighted by molar-refractivity contribution is 9.11. The summed E-state index contributed by atoms with van der Waals surface area (Å²) in [5.41, 5.74) is 4.37. The zero-order valence-corrected chi connectivity index (χ0v) is 21.9. The second kappa shape index (κ2) is 10.0. The highest BCUT2D eigenvalue weighted by Gasteiger charge is 2.64. The minimum Gasteiger partial charge on any atom is -0.487 e. The molecule has 178 valence electrons. The zero-order valence-electron chi connectivity index (χ0n) is 18.7. The number of para-hydroxylation sites is 1. The molecular weight excluding hydrogens is 568 g/mol. The van der Waals surface area contributed by atoms with Gasteiger partial charge in [0.25, 0.3) is 0 Å². The number of hydrogen-bond donors (Lipinski definition) is 2. The van der Waals surface area contributed by atoms with Crippen LogP contribution in [0.4, 0.5) is 0 Å². The first-order chi connectivity index (χ1) is 16.3. The number of aryl methyl sites for hydroxylation is 1. The number of hydroxylamine groups is 1. The fraction of sp³-hybridized carbons (Fsp3) is 0.320. The van der Waals surface area contributed by atoms with Crippen LogP contribution in [0.1, 0.15) is 30.2 Å². The summed E-state index contributed by atoms with van der Waals surface area (Å²) < 4.78 is 12.8. The lowest BCUT2D eigenvalue weighted by atomic mass is 9.93. The van der Waals surface area contributed by atoms with Gasteiger partial charge in [-0.05, 0) is 88.4 Å². The van der Waals surface area contributed by atoms with Gasteiger partial charge in [0.1, 0.15) is 12.4 Å². The summed E-state index contributed by atoms with van der Waals surface area (Å²) in [6.45, 7) is 4.25. The van der Waals surface area contributed by atoms with E-state index >= 15 is 0 Å². The van der Waals surface area contributed by atoms with Crippen molar-refractivity contribution in [2.75, 3.05) is 6.61 Å². The number of carbonyl (C=O) groups is 2. The van der Waals surface area contributed by atoms with Crippen LogP contribution in [-0.4, -0.2) is 28.7 Å². The number of carbonyl (C=O) groups excluding carboxylic acids is 2. The average molecular weight is 592 g/mol. The molecule has 1 aliphatic rings. The zero-order chi connectivity index (χ0) is 24.5. The number of esters is 1. The number of benzene rings is 2. The van der Waals surface area contributed by atoms with Crippen molar-refractivity contribution in [1.29, 1.82) is 0 Å². The van der Waals surface area contributed by atoms with Crippen LogP contribution in [0.3, 0.4) is 0 Å². The number of ether oxygens (including phenoxy) is 2. The van der Waals surface area contributed by atoms with Crippen molar-refractivity contribution in [3.63, 3.8) is 0 Å². The van der Waals surface area contributed by atoms with Crippen LogP contribution in [-0.2, 0) is 27.4 Å². The van der Waals surface area contributed by atoms with Crippen LogP contribution in [0, 0.1) is 18.3 Å². The molecular formula is C25H24Br2N2O5. The van der Waals surface area contributed by atoms with Crippen LogP contribution in [0.5, 0.6) is 5.75 Å². The molecule has 9 heteroatoms. The van der Waals surface area contributed by atoms with Gasteiger partial charge in [0.2, 0.25) is 5.91 Å². The monoisotopic (exact) mass is 590 g/mol. The van der Waals surface area contributed by atoms with E-state index in [4.69, 9.17) is 14.7 Å². The lowest BCUT2D eigenvalue weighted by Crippen LogP contribution is -2.30. The van der Waals surface area contributed by atoms with Crippen molar-refractivity contribution >= 4 is 54.6 Å². The molecule has 1 amide bonds. The normalized spacial score (nSPS) is 19.0. The number of fused-ring (bicyclic) bond motifs is 1. The molecule has 0 spiro atoms. The number of hydrogen-bond acceptors (Lipinski definition) is 6. The highest BCUT2D eigenvalue weighted by atomic mass is 79.9. The minimum absolute atomic E-state index is 0.220. The van der Waals surface area contributed by atoms with E-state index < -0.39 is 23.2 Å². The summed E-state index contributed by atoms with van der Waals surface area (Å²) in [5, 5.41) is 10.1. The summed E-state index contributed by atoms with van der Waals surface area (Å²) in [7, 11) is 0. The number of nitrogens with zero attached hydrogens (tertiary/aromatic N) is 1. The molecule has 3 aromatic rings. The third-order valence-corrected chi connectivity index (χ3v) is 7.24. The molecule has 1 heterocycles. The largest absolute Gasteiger partial charge is 0.487 e. The maximum atomic E-state index is 12.7. The fourth-order valence-electron chi connectivity index (χ4n) is 4.38. The van der Waals surface area contributed by atoms with Gasteiger partial charge in [0.15, 0.2) is 0 Å². The van der Waals surface area contributed by atoms with Gasteiger partial charge in [-0.25, -0.2) is 5.48 Å². The first-order valence-electron chi connectivity index (χ1n) is 10.9. The summed E-state index contributed by atoms with van der Waals surface area (Å²) in [6, 6.07) is 13.7. The Morgan fingerprint density at radius 3 is 2.59 bits per heavy atom. The number of amides is 1. The summed E-state index contributed by atoms with van der Waals surface area (Å²) >= 11 is 7.17. The molecule has 0 bridgehead atoms. The molecule has 4 rings (SSSR count). The van der Waals surface area contributed by atoms with E-state index in [1.54, 1.807) is 12.4 Å². The van der Waals surface area contributed by atoms with Gasteiger partial charge in [-0.15, -0.1) is 0 Å². The van der Waals surface area contributed by atoms with Crippen LogP contribution in [0.15, 0.2) is 51.4 Å². The summed E-state index contributed by atoms with van der Waals surface area (Å²) in [4.78, 5) is 29.2. The molecule has 2 aromatic carbocycles. The molecule has 1 aromatic heterocycles. The predicted octanol–water partition coefficient (Wildman–Crippen LogP) is 5.26. The van der Waals surface area contributed by atoms with Crippen LogP contribution in [0.2, 0.25) is 0 Å². The van der Waals surface area contributed by atoms with E-state index in [1.807, 2.05) is 49.4 Å². The number of pyridine rings is 1. The average Bonchev–Trinajstić information content (AvgIpc) is 3.53.